The van der Waals surface area contributed by atoms with Gasteiger partial charge in [0.1, 0.15) is 11.4 Å². The average Bonchev–Trinajstić information content (AvgIpc) is 3.16. The van der Waals surface area contributed by atoms with Crippen LogP contribution < -0.4 is 15.4 Å². The van der Waals surface area contributed by atoms with E-state index < -0.39 is 5.91 Å². The van der Waals surface area contributed by atoms with E-state index in [4.69, 9.17) is 4.74 Å². The van der Waals surface area contributed by atoms with Crippen LogP contribution in [0.2, 0.25) is 0 Å². The normalized spacial score (nSPS) is 11.6. The van der Waals surface area contributed by atoms with Crippen LogP contribution in [0.3, 0.4) is 0 Å². The Bertz CT molecular complexity index is 1150. The number of fused-ring (bicyclic) bond motifs is 1. The first-order chi connectivity index (χ1) is 16.0. The first-order valence-electron chi connectivity index (χ1n) is 11.2. The third-order valence-electron chi connectivity index (χ3n) is 5.68. The van der Waals surface area contributed by atoms with E-state index in [9.17, 15) is 9.59 Å². The fraction of sp³-hybridized carbons (Fsp3) is 0.308. The molecule has 2 amide bonds. The molecule has 0 saturated carbocycles. The number of methoxy groups -OCH3 is 1. The lowest BCUT2D eigenvalue weighted by molar-refractivity contribution is -0.117. The highest BCUT2D eigenvalue weighted by Gasteiger charge is 2.18. The fourth-order valence-electron chi connectivity index (χ4n) is 3.79. The number of aryl methyl sites for hydroxylation is 1. The summed E-state index contributed by atoms with van der Waals surface area (Å²) in [5.41, 5.74) is 2.44. The first kappa shape index (κ1) is 24.1. The van der Waals surface area contributed by atoms with Gasteiger partial charge in [0.15, 0.2) is 0 Å². The van der Waals surface area contributed by atoms with Crippen molar-refractivity contribution in [1.82, 2.24) is 20.1 Å². The zero-order valence-electron chi connectivity index (χ0n) is 19.7. The molecule has 7 nitrogen and oxygen atoms in total. The predicted octanol–water partition coefficient (Wildman–Crippen LogP) is 3.42. The van der Waals surface area contributed by atoms with Crippen molar-refractivity contribution < 1.29 is 14.3 Å². The van der Waals surface area contributed by atoms with Gasteiger partial charge in [-0.15, -0.1) is 0 Å². The molecule has 174 valence electrons. The molecule has 33 heavy (non-hydrogen) atoms. The Balaban J connectivity index is 1.91. The van der Waals surface area contributed by atoms with Crippen LogP contribution in [-0.4, -0.2) is 54.6 Å². The molecule has 0 unspecified atom stereocenters. The van der Waals surface area contributed by atoms with Crippen molar-refractivity contribution in [3.63, 3.8) is 0 Å². The molecule has 0 aliphatic rings. The third kappa shape index (κ3) is 5.81. The van der Waals surface area contributed by atoms with Crippen LogP contribution in [0.15, 0.2) is 60.4 Å². The summed E-state index contributed by atoms with van der Waals surface area (Å²) in [6.07, 6.45) is 3.67. The number of hydrogen-bond acceptors (Lipinski definition) is 4. The van der Waals surface area contributed by atoms with Gasteiger partial charge in [0.2, 0.25) is 0 Å². The van der Waals surface area contributed by atoms with E-state index in [0.717, 1.165) is 36.1 Å². The molecule has 0 bridgehead atoms. The molecule has 2 N–H and O–H groups in total. The summed E-state index contributed by atoms with van der Waals surface area (Å²) >= 11 is 0. The molecular weight excluding hydrogens is 416 g/mol. The fourth-order valence-corrected chi connectivity index (χ4v) is 3.79. The first-order valence-corrected chi connectivity index (χ1v) is 11.2. The van der Waals surface area contributed by atoms with Gasteiger partial charge in [-0.05, 0) is 37.4 Å². The molecule has 0 fully saturated rings. The van der Waals surface area contributed by atoms with E-state index in [1.165, 1.54) is 7.11 Å². The minimum absolute atomic E-state index is 0.182. The minimum atomic E-state index is -0.405. The van der Waals surface area contributed by atoms with E-state index in [2.05, 4.69) is 29.4 Å². The Kier molecular flexibility index (Phi) is 8.27. The van der Waals surface area contributed by atoms with E-state index in [1.54, 1.807) is 30.3 Å². The molecule has 0 spiro atoms. The lowest BCUT2D eigenvalue weighted by Gasteiger charge is -2.18. The van der Waals surface area contributed by atoms with Crippen LogP contribution in [0.1, 0.15) is 29.8 Å². The number of amides is 2. The van der Waals surface area contributed by atoms with Gasteiger partial charge in [-0.1, -0.05) is 44.2 Å². The van der Waals surface area contributed by atoms with Crippen molar-refractivity contribution in [1.29, 1.82) is 0 Å². The number of nitrogens with one attached hydrogen (secondary N) is 2. The summed E-state index contributed by atoms with van der Waals surface area (Å²) in [5, 5.41) is 6.74. The van der Waals surface area contributed by atoms with Gasteiger partial charge in [-0.2, -0.15) is 0 Å². The Morgan fingerprint density at radius 2 is 1.76 bits per heavy atom. The number of aromatic nitrogens is 1. The zero-order chi connectivity index (χ0) is 23.8. The van der Waals surface area contributed by atoms with Gasteiger partial charge in [-0.3, -0.25) is 9.59 Å². The Morgan fingerprint density at radius 3 is 2.48 bits per heavy atom. The van der Waals surface area contributed by atoms with Crippen molar-refractivity contribution in [2.24, 2.45) is 7.05 Å². The van der Waals surface area contributed by atoms with Gasteiger partial charge in [0.25, 0.3) is 11.8 Å². The number of carbonyl (C=O) groups excluding carboxylic acids is 2. The standard InChI is InChI=1S/C26H32N4O3/c1-5-30(6-2)16-15-27-26(32)22(28-25(31)21-12-8-10-14-24(21)33-4)17-19-18-29(3)23-13-9-7-11-20(19)23/h7-14,17-18H,5-6,15-16H2,1-4H3,(H,27,32)(H,28,31)/b22-17+. The predicted molar refractivity (Wildman–Crippen MR) is 132 cm³/mol. The van der Waals surface area contributed by atoms with Crippen LogP contribution >= 0.6 is 0 Å². The van der Waals surface area contributed by atoms with Crippen LogP contribution in [0.5, 0.6) is 5.75 Å². The quantitative estimate of drug-likeness (QED) is 0.466. The Morgan fingerprint density at radius 1 is 1.06 bits per heavy atom. The maximum Gasteiger partial charge on any atom is 0.267 e. The topological polar surface area (TPSA) is 75.6 Å². The summed E-state index contributed by atoms with van der Waals surface area (Å²) in [5.74, 6) is -0.294. The molecular formula is C26H32N4O3. The SMILES string of the molecule is CCN(CC)CCNC(=O)/C(=C\c1cn(C)c2ccccc12)NC(=O)c1ccccc1OC. The lowest BCUT2D eigenvalue weighted by Crippen LogP contribution is -2.39. The van der Waals surface area contributed by atoms with Gasteiger partial charge < -0.3 is 24.8 Å². The molecule has 0 saturated heterocycles. The van der Waals surface area contributed by atoms with E-state index >= 15 is 0 Å². The van der Waals surface area contributed by atoms with E-state index in [1.807, 2.05) is 42.1 Å². The van der Waals surface area contributed by atoms with E-state index in [0.29, 0.717) is 17.9 Å². The third-order valence-corrected chi connectivity index (χ3v) is 5.68. The molecule has 1 aromatic heterocycles. The molecule has 7 heteroatoms. The smallest absolute Gasteiger partial charge is 0.267 e. The van der Waals surface area contributed by atoms with Crippen molar-refractivity contribution in [2.75, 3.05) is 33.3 Å². The minimum Gasteiger partial charge on any atom is -0.496 e. The summed E-state index contributed by atoms with van der Waals surface area (Å²) in [7, 11) is 3.47. The highest BCUT2D eigenvalue weighted by atomic mass is 16.5. The molecule has 0 radical (unpaired) electrons. The number of benzene rings is 2. The second kappa shape index (κ2) is 11.3. The van der Waals surface area contributed by atoms with Crippen molar-refractivity contribution >= 4 is 28.8 Å². The molecule has 0 atom stereocenters. The average molecular weight is 449 g/mol. The van der Waals surface area contributed by atoms with Crippen molar-refractivity contribution in [3.8, 4) is 5.75 Å². The number of carbonyl (C=O) groups is 2. The van der Waals surface area contributed by atoms with Crippen molar-refractivity contribution in [3.05, 3.63) is 71.6 Å². The van der Waals surface area contributed by atoms with Gasteiger partial charge in [-0.25, -0.2) is 0 Å². The second-order valence-corrected chi connectivity index (χ2v) is 7.71. The largest absolute Gasteiger partial charge is 0.496 e. The molecule has 1 heterocycles. The van der Waals surface area contributed by atoms with Crippen LogP contribution in [0.25, 0.3) is 17.0 Å². The summed E-state index contributed by atoms with van der Waals surface area (Å²) in [6.45, 7) is 7.22. The number of para-hydroxylation sites is 2. The summed E-state index contributed by atoms with van der Waals surface area (Å²) in [6, 6.07) is 14.9. The Hall–Kier alpha value is -3.58. The maximum absolute atomic E-state index is 13.1. The number of hydrogen-bond donors (Lipinski definition) is 2. The maximum atomic E-state index is 13.1. The van der Waals surface area contributed by atoms with Gasteiger partial charge in [0, 0.05) is 42.8 Å². The number of likely N-dealkylation sites (N-methyl/N-ethyl adjacent to an activating group) is 1. The molecule has 0 aliphatic heterocycles. The lowest BCUT2D eigenvalue weighted by atomic mass is 10.1. The second-order valence-electron chi connectivity index (χ2n) is 7.71. The number of rotatable bonds is 10. The number of ether oxygens (including phenoxy) is 1. The Labute approximate surface area is 195 Å². The molecule has 3 aromatic rings. The molecule has 3 rings (SSSR count). The highest BCUT2D eigenvalue weighted by Crippen LogP contribution is 2.23. The highest BCUT2D eigenvalue weighted by molar-refractivity contribution is 6.07. The van der Waals surface area contributed by atoms with Crippen molar-refractivity contribution in [2.45, 2.75) is 13.8 Å². The molecule has 0 aliphatic carbocycles. The van der Waals surface area contributed by atoms with Crippen LogP contribution in [0.4, 0.5) is 0 Å². The van der Waals surface area contributed by atoms with Gasteiger partial charge >= 0.3 is 0 Å². The zero-order valence-corrected chi connectivity index (χ0v) is 19.7. The van der Waals surface area contributed by atoms with E-state index in [-0.39, 0.29) is 11.6 Å². The van der Waals surface area contributed by atoms with Crippen LogP contribution in [-0.2, 0) is 11.8 Å². The number of nitrogens with zero attached hydrogens (tertiary/aromatic N) is 2. The monoisotopic (exact) mass is 448 g/mol. The summed E-state index contributed by atoms with van der Waals surface area (Å²) in [4.78, 5) is 28.4. The van der Waals surface area contributed by atoms with Crippen LogP contribution in [0, 0.1) is 0 Å². The van der Waals surface area contributed by atoms with Gasteiger partial charge in [0.05, 0.1) is 12.7 Å². The summed E-state index contributed by atoms with van der Waals surface area (Å²) < 4.78 is 7.31. The molecule has 2 aromatic carbocycles.